The number of rotatable bonds is 5. The molecule has 5 heteroatoms. The van der Waals surface area contributed by atoms with Gasteiger partial charge in [0.1, 0.15) is 12.4 Å². The number of ether oxygens (including phenoxy) is 1. The van der Waals surface area contributed by atoms with Crippen LogP contribution in [0.25, 0.3) is 0 Å². The smallest absolute Gasteiger partial charge is 0.335 e. The quantitative estimate of drug-likeness (QED) is 0.674. The number of aromatic carboxylic acids is 1. The summed E-state index contributed by atoms with van der Waals surface area (Å²) in [6.07, 6.45) is 0. The van der Waals surface area contributed by atoms with Crippen molar-refractivity contribution in [2.45, 2.75) is 19.4 Å². The first kappa shape index (κ1) is 13.3. The van der Waals surface area contributed by atoms with E-state index in [1.165, 1.54) is 12.1 Å². The van der Waals surface area contributed by atoms with Crippen molar-refractivity contribution in [3.05, 3.63) is 23.8 Å². The van der Waals surface area contributed by atoms with Crippen LogP contribution in [0.3, 0.4) is 0 Å². The zero-order valence-electron chi connectivity index (χ0n) is 10.3. The number of hydrogen-bond acceptors (Lipinski definition) is 4. The SMILES string of the molecule is CNC(C)(C)COc1ccc(C(=O)O)cc1N. The molecule has 0 unspecified atom stereocenters. The lowest BCUT2D eigenvalue weighted by Crippen LogP contribution is -2.42. The van der Waals surface area contributed by atoms with Crippen molar-refractivity contribution in [3.63, 3.8) is 0 Å². The summed E-state index contributed by atoms with van der Waals surface area (Å²) in [6.45, 7) is 4.43. The van der Waals surface area contributed by atoms with E-state index in [4.69, 9.17) is 15.6 Å². The first-order chi connectivity index (χ1) is 7.85. The van der Waals surface area contributed by atoms with Gasteiger partial charge < -0.3 is 20.9 Å². The molecule has 5 nitrogen and oxygen atoms in total. The van der Waals surface area contributed by atoms with Crippen LogP contribution in [0.5, 0.6) is 5.75 Å². The second-order valence-electron chi connectivity index (χ2n) is 4.48. The summed E-state index contributed by atoms with van der Waals surface area (Å²) in [4.78, 5) is 10.7. The average Bonchev–Trinajstić information content (AvgIpc) is 2.27. The van der Waals surface area contributed by atoms with Gasteiger partial charge in [-0.05, 0) is 39.1 Å². The van der Waals surface area contributed by atoms with E-state index in [1.54, 1.807) is 6.07 Å². The number of nitrogen functional groups attached to an aromatic ring is 1. The third-order valence-electron chi connectivity index (χ3n) is 2.52. The summed E-state index contributed by atoms with van der Waals surface area (Å²) in [5, 5.41) is 11.9. The molecule has 0 atom stereocenters. The van der Waals surface area contributed by atoms with Gasteiger partial charge in [0.15, 0.2) is 0 Å². The Morgan fingerprint density at radius 1 is 1.53 bits per heavy atom. The number of likely N-dealkylation sites (N-methyl/N-ethyl adjacent to an activating group) is 1. The number of hydrogen-bond donors (Lipinski definition) is 3. The van der Waals surface area contributed by atoms with Crippen molar-refractivity contribution in [1.29, 1.82) is 0 Å². The van der Waals surface area contributed by atoms with Crippen molar-refractivity contribution in [3.8, 4) is 5.75 Å². The van der Waals surface area contributed by atoms with Gasteiger partial charge in [-0.25, -0.2) is 4.79 Å². The fourth-order valence-corrected chi connectivity index (χ4v) is 1.14. The minimum Gasteiger partial charge on any atom is -0.490 e. The molecule has 0 aliphatic heterocycles. The van der Waals surface area contributed by atoms with Crippen LogP contribution in [0.4, 0.5) is 5.69 Å². The van der Waals surface area contributed by atoms with Gasteiger partial charge in [0.2, 0.25) is 0 Å². The van der Waals surface area contributed by atoms with Crippen LogP contribution >= 0.6 is 0 Å². The van der Waals surface area contributed by atoms with Crippen LogP contribution in [0.1, 0.15) is 24.2 Å². The van der Waals surface area contributed by atoms with Gasteiger partial charge in [0.05, 0.1) is 11.3 Å². The van der Waals surface area contributed by atoms with E-state index in [9.17, 15) is 4.79 Å². The first-order valence-corrected chi connectivity index (χ1v) is 5.30. The third-order valence-corrected chi connectivity index (χ3v) is 2.52. The molecule has 0 radical (unpaired) electrons. The Hall–Kier alpha value is -1.75. The molecule has 0 aliphatic carbocycles. The molecule has 1 aromatic rings. The molecule has 1 aromatic carbocycles. The van der Waals surface area contributed by atoms with Gasteiger partial charge in [-0.1, -0.05) is 0 Å². The number of carboxylic acids is 1. The Labute approximate surface area is 101 Å². The van der Waals surface area contributed by atoms with Crippen molar-refractivity contribution < 1.29 is 14.6 Å². The highest BCUT2D eigenvalue weighted by Gasteiger charge is 2.16. The summed E-state index contributed by atoms with van der Waals surface area (Å²) in [5.41, 5.74) is 6.04. The molecule has 0 spiro atoms. The zero-order valence-corrected chi connectivity index (χ0v) is 10.3. The topological polar surface area (TPSA) is 84.6 Å². The standard InChI is InChI=1S/C12H18N2O3/c1-12(2,14-3)7-17-10-5-4-8(11(15)16)6-9(10)13/h4-6,14H,7,13H2,1-3H3,(H,15,16). The highest BCUT2D eigenvalue weighted by Crippen LogP contribution is 2.23. The number of carboxylic acid groups (broad SMARTS) is 1. The Kier molecular flexibility index (Phi) is 3.96. The molecule has 4 N–H and O–H groups in total. The molecule has 94 valence electrons. The van der Waals surface area contributed by atoms with E-state index < -0.39 is 5.97 Å². The molecule has 1 rings (SSSR count). The van der Waals surface area contributed by atoms with E-state index >= 15 is 0 Å². The lowest BCUT2D eigenvalue weighted by molar-refractivity contribution is 0.0697. The van der Waals surface area contributed by atoms with Gasteiger partial charge in [-0.2, -0.15) is 0 Å². The van der Waals surface area contributed by atoms with Crippen LogP contribution in [0.2, 0.25) is 0 Å². The zero-order chi connectivity index (χ0) is 13.1. The number of benzene rings is 1. The van der Waals surface area contributed by atoms with E-state index in [0.717, 1.165) is 0 Å². The Balaban J connectivity index is 2.77. The van der Waals surface area contributed by atoms with Gasteiger partial charge in [0.25, 0.3) is 0 Å². The summed E-state index contributed by atoms with van der Waals surface area (Å²) >= 11 is 0. The molecule has 0 aromatic heterocycles. The lowest BCUT2D eigenvalue weighted by atomic mass is 10.1. The normalized spacial score (nSPS) is 11.2. The van der Waals surface area contributed by atoms with E-state index in [0.29, 0.717) is 18.0 Å². The van der Waals surface area contributed by atoms with Crippen LogP contribution in [0, 0.1) is 0 Å². The van der Waals surface area contributed by atoms with Crippen molar-refractivity contribution in [2.24, 2.45) is 0 Å². The molecule has 0 aliphatic rings. The molecule has 0 saturated heterocycles. The second kappa shape index (κ2) is 5.05. The van der Waals surface area contributed by atoms with Crippen LogP contribution < -0.4 is 15.8 Å². The van der Waals surface area contributed by atoms with Gasteiger partial charge in [0, 0.05) is 5.54 Å². The fourth-order valence-electron chi connectivity index (χ4n) is 1.14. The minimum atomic E-state index is -1.00. The van der Waals surface area contributed by atoms with Crippen LogP contribution in [-0.2, 0) is 0 Å². The molecule has 0 fully saturated rings. The maximum absolute atomic E-state index is 10.7. The van der Waals surface area contributed by atoms with E-state index in [-0.39, 0.29) is 11.1 Å². The predicted octanol–water partition coefficient (Wildman–Crippen LogP) is 1.34. The monoisotopic (exact) mass is 238 g/mol. The van der Waals surface area contributed by atoms with Gasteiger partial charge >= 0.3 is 5.97 Å². The number of anilines is 1. The second-order valence-corrected chi connectivity index (χ2v) is 4.48. The van der Waals surface area contributed by atoms with Crippen molar-refractivity contribution >= 4 is 11.7 Å². The fraction of sp³-hybridized carbons (Fsp3) is 0.417. The Bertz CT molecular complexity index is 416. The third kappa shape index (κ3) is 3.64. The van der Waals surface area contributed by atoms with Crippen molar-refractivity contribution in [1.82, 2.24) is 5.32 Å². The number of nitrogens with two attached hydrogens (primary N) is 1. The van der Waals surface area contributed by atoms with Crippen molar-refractivity contribution in [2.75, 3.05) is 19.4 Å². The van der Waals surface area contributed by atoms with E-state index in [1.807, 2.05) is 20.9 Å². The summed E-state index contributed by atoms with van der Waals surface area (Å²) in [7, 11) is 1.85. The molecular weight excluding hydrogens is 220 g/mol. The van der Waals surface area contributed by atoms with Crippen LogP contribution in [-0.4, -0.2) is 30.3 Å². The molecular formula is C12H18N2O3. The highest BCUT2D eigenvalue weighted by molar-refractivity contribution is 5.89. The maximum atomic E-state index is 10.7. The maximum Gasteiger partial charge on any atom is 0.335 e. The number of carbonyl (C=O) groups is 1. The largest absolute Gasteiger partial charge is 0.490 e. The molecule has 0 amide bonds. The predicted molar refractivity (Wildman–Crippen MR) is 66.4 cm³/mol. The van der Waals surface area contributed by atoms with Crippen LogP contribution in [0.15, 0.2) is 18.2 Å². The minimum absolute atomic E-state index is 0.155. The average molecular weight is 238 g/mol. The molecule has 17 heavy (non-hydrogen) atoms. The highest BCUT2D eigenvalue weighted by atomic mass is 16.5. The Morgan fingerprint density at radius 3 is 2.65 bits per heavy atom. The van der Waals surface area contributed by atoms with Gasteiger partial charge in [-0.3, -0.25) is 0 Å². The van der Waals surface area contributed by atoms with Gasteiger partial charge in [-0.15, -0.1) is 0 Å². The lowest BCUT2D eigenvalue weighted by Gasteiger charge is -2.24. The number of nitrogens with one attached hydrogen (secondary N) is 1. The Morgan fingerprint density at radius 2 is 2.18 bits per heavy atom. The molecule has 0 bridgehead atoms. The molecule has 0 heterocycles. The summed E-state index contributed by atoms with van der Waals surface area (Å²) in [6, 6.07) is 4.44. The summed E-state index contributed by atoms with van der Waals surface area (Å²) < 4.78 is 5.55. The first-order valence-electron chi connectivity index (χ1n) is 5.30. The molecule has 0 saturated carbocycles. The summed E-state index contributed by atoms with van der Waals surface area (Å²) in [5.74, 6) is -0.503. The van der Waals surface area contributed by atoms with E-state index in [2.05, 4.69) is 5.32 Å².